The van der Waals surface area contributed by atoms with Gasteiger partial charge in [-0.2, -0.15) is 0 Å². The second-order valence-corrected chi connectivity index (χ2v) is 10.5. The predicted octanol–water partition coefficient (Wildman–Crippen LogP) is 6.38. The summed E-state index contributed by atoms with van der Waals surface area (Å²) in [7, 11) is -0.692. The van der Waals surface area contributed by atoms with Gasteiger partial charge in [0.05, 0.1) is 11.2 Å². The molecule has 0 radical (unpaired) electrons. The largest absolute Gasteiger partial charge is 0.492 e. The van der Waals surface area contributed by atoms with Crippen molar-refractivity contribution in [2.45, 2.75) is 44.8 Å². The monoisotopic (exact) mass is 499 g/mol. The Balaban J connectivity index is 1.29. The summed E-state index contributed by atoms with van der Waals surface area (Å²) in [6, 6.07) is 22.7. The molecule has 1 fully saturated rings. The highest BCUT2D eigenvalue weighted by molar-refractivity contribution is 6.56. The Morgan fingerprint density at radius 1 is 0.946 bits per heavy atom. The molecule has 1 heterocycles. The van der Waals surface area contributed by atoms with Gasteiger partial charge in [0, 0.05) is 12.5 Å². The molecule has 1 aliphatic heterocycles. The van der Waals surface area contributed by atoms with Crippen molar-refractivity contribution in [1.29, 1.82) is 0 Å². The Kier molecular flexibility index (Phi) is 6.69. The molecule has 3 aromatic carbocycles. The van der Waals surface area contributed by atoms with Crippen molar-refractivity contribution in [2.24, 2.45) is 0 Å². The van der Waals surface area contributed by atoms with E-state index in [2.05, 4.69) is 29.6 Å². The molecule has 1 aliphatic carbocycles. The number of halogens is 1. The maximum absolute atomic E-state index is 13.8. The first-order valence-corrected chi connectivity index (χ1v) is 12.6. The summed E-state index contributed by atoms with van der Waals surface area (Å²) >= 11 is 0. The maximum atomic E-state index is 13.8. The van der Waals surface area contributed by atoms with Crippen LogP contribution in [0.15, 0.2) is 78.3 Å². The zero-order chi connectivity index (χ0) is 26.2. The van der Waals surface area contributed by atoms with Crippen molar-refractivity contribution >= 4 is 19.3 Å². The van der Waals surface area contributed by atoms with Crippen molar-refractivity contribution in [1.82, 2.24) is 5.32 Å². The normalized spacial score (nSPS) is 17.9. The lowest BCUT2D eigenvalue weighted by Crippen LogP contribution is -2.41. The number of ether oxygens (including phenoxy) is 1. The van der Waals surface area contributed by atoms with Crippen LogP contribution in [0.4, 0.5) is 9.18 Å². The molecular weight excluding hydrogens is 468 g/mol. The number of carbonyl (C=O) groups is 1. The van der Waals surface area contributed by atoms with Gasteiger partial charge in [-0.1, -0.05) is 66.7 Å². The zero-order valence-corrected chi connectivity index (χ0v) is 21.6. The standard InChI is InChI=1S/C30H31BFNO4/c1-29(2)30(3,4)37-31(36-29)21(16-20-10-9-11-22(32)17-20)18-33-28(34)35-19-27-25-14-7-5-12-23(25)24-13-6-8-15-26(24)27/h5-17,27H,18-19H2,1-4H3,(H,33,34). The molecule has 3 aromatic rings. The molecule has 7 heteroatoms. The number of carbonyl (C=O) groups excluding carboxylic acids is 1. The van der Waals surface area contributed by atoms with Gasteiger partial charge in [0.2, 0.25) is 0 Å². The number of hydrogen-bond donors (Lipinski definition) is 1. The summed E-state index contributed by atoms with van der Waals surface area (Å²) in [5.41, 5.74) is 4.87. The molecule has 0 bridgehead atoms. The summed E-state index contributed by atoms with van der Waals surface area (Å²) in [6.45, 7) is 8.21. The van der Waals surface area contributed by atoms with E-state index in [0.717, 1.165) is 11.1 Å². The van der Waals surface area contributed by atoms with Gasteiger partial charge in [-0.3, -0.25) is 0 Å². The Labute approximate surface area is 217 Å². The van der Waals surface area contributed by atoms with Crippen LogP contribution < -0.4 is 5.32 Å². The van der Waals surface area contributed by atoms with Gasteiger partial charge in [0.15, 0.2) is 0 Å². The van der Waals surface area contributed by atoms with Gasteiger partial charge in [-0.25, -0.2) is 9.18 Å². The third kappa shape index (κ3) is 5.06. The second kappa shape index (κ2) is 9.80. The van der Waals surface area contributed by atoms with Crippen LogP contribution >= 0.6 is 0 Å². The van der Waals surface area contributed by atoms with Crippen LogP contribution in [-0.2, 0) is 14.0 Å². The minimum Gasteiger partial charge on any atom is -0.449 e. The van der Waals surface area contributed by atoms with Gasteiger partial charge in [0.1, 0.15) is 12.4 Å². The lowest BCUT2D eigenvalue weighted by molar-refractivity contribution is 0.00578. The van der Waals surface area contributed by atoms with Crippen molar-refractivity contribution in [3.8, 4) is 11.1 Å². The first kappa shape index (κ1) is 25.2. The number of nitrogens with one attached hydrogen (secondary N) is 1. The van der Waals surface area contributed by atoms with Crippen LogP contribution in [-0.4, -0.2) is 37.6 Å². The fraction of sp³-hybridized carbons (Fsp3) is 0.300. The molecule has 37 heavy (non-hydrogen) atoms. The molecule has 1 N–H and O–H groups in total. The smallest absolute Gasteiger partial charge is 0.449 e. The Hall–Kier alpha value is -3.42. The third-order valence-corrected chi connectivity index (χ3v) is 7.54. The summed E-state index contributed by atoms with van der Waals surface area (Å²) in [4.78, 5) is 12.8. The van der Waals surface area contributed by atoms with Crippen molar-refractivity contribution < 1.29 is 23.2 Å². The number of amides is 1. The van der Waals surface area contributed by atoms with Crippen LogP contribution in [0.5, 0.6) is 0 Å². The summed E-state index contributed by atoms with van der Waals surface area (Å²) in [5, 5.41) is 2.84. The van der Waals surface area contributed by atoms with Crippen molar-refractivity contribution in [3.05, 3.63) is 101 Å². The van der Waals surface area contributed by atoms with Gasteiger partial charge in [-0.15, -0.1) is 0 Å². The fourth-order valence-corrected chi connectivity index (χ4v) is 4.83. The molecule has 0 atom stereocenters. The average molecular weight is 499 g/mol. The van der Waals surface area contributed by atoms with Gasteiger partial charge in [0.25, 0.3) is 0 Å². The molecule has 5 nitrogen and oxygen atoms in total. The minimum absolute atomic E-state index is 0.0245. The number of benzene rings is 3. The SMILES string of the molecule is CC1(C)OB(C(=Cc2cccc(F)c2)CNC(=O)OCC2c3ccccc3-c3ccccc32)OC1(C)C. The van der Waals surface area contributed by atoms with Crippen LogP contribution in [0.2, 0.25) is 0 Å². The van der Waals surface area contributed by atoms with Crippen LogP contribution in [0.3, 0.4) is 0 Å². The van der Waals surface area contributed by atoms with E-state index in [-0.39, 0.29) is 24.9 Å². The average Bonchev–Trinajstić information content (AvgIpc) is 3.29. The van der Waals surface area contributed by atoms with Crippen molar-refractivity contribution in [2.75, 3.05) is 13.2 Å². The van der Waals surface area contributed by atoms with Crippen LogP contribution in [0, 0.1) is 5.82 Å². The second-order valence-electron chi connectivity index (χ2n) is 10.5. The van der Waals surface area contributed by atoms with E-state index >= 15 is 0 Å². The summed E-state index contributed by atoms with van der Waals surface area (Å²) in [6.07, 6.45) is 1.25. The van der Waals surface area contributed by atoms with E-state index in [0.29, 0.717) is 11.0 Å². The lowest BCUT2D eigenvalue weighted by atomic mass is 9.77. The molecule has 190 valence electrons. The maximum Gasteiger partial charge on any atom is 0.492 e. The molecule has 0 aromatic heterocycles. The highest BCUT2D eigenvalue weighted by Gasteiger charge is 2.52. The minimum atomic E-state index is -0.692. The van der Waals surface area contributed by atoms with E-state index in [1.807, 2.05) is 52.0 Å². The first-order chi connectivity index (χ1) is 17.6. The van der Waals surface area contributed by atoms with E-state index in [4.69, 9.17) is 14.0 Å². The molecule has 1 saturated heterocycles. The van der Waals surface area contributed by atoms with E-state index in [1.54, 1.807) is 18.2 Å². The molecule has 5 rings (SSSR count). The molecule has 1 amide bonds. The summed E-state index contributed by atoms with van der Waals surface area (Å²) in [5.74, 6) is -0.366. The Morgan fingerprint density at radius 3 is 2.14 bits per heavy atom. The number of fused-ring (bicyclic) bond motifs is 3. The molecule has 0 unspecified atom stereocenters. The highest BCUT2D eigenvalue weighted by Crippen LogP contribution is 2.44. The molecular formula is C30H31BFNO4. The third-order valence-electron chi connectivity index (χ3n) is 7.54. The molecule has 2 aliphatic rings. The Morgan fingerprint density at radius 2 is 1.54 bits per heavy atom. The zero-order valence-electron chi connectivity index (χ0n) is 21.6. The highest BCUT2D eigenvalue weighted by atomic mass is 19.1. The fourth-order valence-electron chi connectivity index (χ4n) is 4.83. The van der Waals surface area contributed by atoms with E-state index < -0.39 is 24.4 Å². The number of alkyl carbamates (subject to hydrolysis) is 1. The van der Waals surface area contributed by atoms with Gasteiger partial charge >= 0.3 is 13.2 Å². The van der Waals surface area contributed by atoms with Gasteiger partial charge in [-0.05, 0) is 73.1 Å². The first-order valence-electron chi connectivity index (χ1n) is 12.6. The van der Waals surface area contributed by atoms with Crippen LogP contribution in [0.25, 0.3) is 17.2 Å². The molecule has 0 saturated carbocycles. The van der Waals surface area contributed by atoms with Crippen molar-refractivity contribution in [3.63, 3.8) is 0 Å². The van der Waals surface area contributed by atoms with Gasteiger partial charge < -0.3 is 19.4 Å². The summed E-state index contributed by atoms with van der Waals surface area (Å²) < 4.78 is 31.9. The number of hydrogen-bond acceptors (Lipinski definition) is 4. The topological polar surface area (TPSA) is 56.8 Å². The predicted molar refractivity (Wildman–Crippen MR) is 144 cm³/mol. The van der Waals surface area contributed by atoms with E-state index in [9.17, 15) is 9.18 Å². The molecule has 0 spiro atoms. The number of rotatable bonds is 6. The lowest BCUT2D eigenvalue weighted by Gasteiger charge is -2.32. The quantitative estimate of drug-likeness (QED) is 0.400. The van der Waals surface area contributed by atoms with Crippen LogP contribution in [0.1, 0.15) is 50.3 Å². The Bertz CT molecular complexity index is 1290. The van der Waals surface area contributed by atoms with E-state index in [1.165, 1.54) is 23.3 Å².